The number of hydrogen-bond acceptors (Lipinski definition) is 5. The highest BCUT2D eigenvalue weighted by atomic mass is 16.6. The largest absolute Gasteiger partial charge is 0.484 e. The second-order valence-corrected chi connectivity index (χ2v) is 5.67. The zero-order valence-electron chi connectivity index (χ0n) is 12.5. The maximum Gasteiger partial charge on any atom is 0.336 e. The molecule has 1 aliphatic heterocycles. The van der Waals surface area contributed by atoms with Gasteiger partial charge in [0.15, 0.2) is 0 Å². The van der Waals surface area contributed by atoms with Gasteiger partial charge in [-0.2, -0.15) is 0 Å². The van der Waals surface area contributed by atoms with E-state index < -0.39 is 11.2 Å². The van der Waals surface area contributed by atoms with Crippen LogP contribution in [0, 0.1) is 0 Å². The van der Waals surface area contributed by atoms with Crippen molar-refractivity contribution in [3.63, 3.8) is 0 Å². The third-order valence-corrected chi connectivity index (χ3v) is 3.91. The standard InChI is InChI=1S/C16H18O5/c1-16(2)15(19-4)14(18-3)12-10(21-16)7-5-9-6-8-11(17)20-13(9)12/h5-8,14-15H,1-4H3/t14-,15-/m1/s1. The Bertz CT molecular complexity index is 731. The normalized spacial score (nSPS) is 23.6. The molecule has 3 rings (SSSR count). The van der Waals surface area contributed by atoms with Gasteiger partial charge in [-0.15, -0.1) is 0 Å². The SMILES string of the molecule is CO[C@@H]1c2c(ccc3ccc(=O)oc23)OC(C)(C)[C@@H]1OC. The Morgan fingerprint density at radius 3 is 2.48 bits per heavy atom. The van der Waals surface area contributed by atoms with Crippen LogP contribution >= 0.6 is 0 Å². The molecular formula is C16H18O5. The van der Waals surface area contributed by atoms with E-state index in [4.69, 9.17) is 18.6 Å². The molecule has 0 bridgehead atoms. The average Bonchev–Trinajstić information content (AvgIpc) is 2.44. The minimum atomic E-state index is -0.550. The van der Waals surface area contributed by atoms with Crippen molar-refractivity contribution in [1.29, 1.82) is 0 Å². The first-order valence-electron chi connectivity index (χ1n) is 6.79. The Labute approximate surface area is 122 Å². The van der Waals surface area contributed by atoms with E-state index in [2.05, 4.69) is 0 Å². The maximum atomic E-state index is 11.6. The molecule has 1 aromatic heterocycles. The molecule has 0 spiro atoms. The lowest BCUT2D eigenvalue weighted by molar-refractivity contribution is -0.139. The van der Waals surface area contributed by atoms with Crippen molar-refractivity contribution in [3.8, 4) is 5.75 Å². The van der Waals surface area contributed by atoms with Gasteiger partial charge in [-0.1, -0.05) is 0 Å². The van der Waals surface area contributed by atoms with Gasteiger partial charge in [-0.3, -0.25) is 0 Å². The summed E-state index contributed by atoms with van der Waals surface area (Å²) >= 11 is 0. The van der Waals surface area contributed by atoms with E-state index in [1.54, 1.807) is 20.3 Å². The van der Waals surface area contributed by atoms with Crippen molar-refractivity contribution < 1.29 is 18.6 Å². The predicted octanol–water partition coefficient (Wildman–Crippen LogP) is 2.67. The van der Waals surface area contributed by atoms with Gasteiger partial charge in [0.2, 0.25) is 0 Å². The van der Waals surface area contributed by atoms with Crippen LogP contribution in [0.3, 0.4) is 0 Å². The van der Waals surface area contributed by atoms with Gasteiger partial charge >= 0.3 is 5.63 Å². The minimum Gasteiger partial charge on any atom is -0.484 e. The number of hydrogen-bond donors (Lipinski definition) is 0. The van der Waals surface area contributed by atoms with E-state index >= 15 is 0 Å². The fraction of sp³-hybridized carbons (Fsp3) is 0.438. The van der Waals surface area contributed by atoms with Crippen molar-refractivity contribution in [2.75, 3.05) is 14.2 Å². The molecule has 5 nitrogen and oxygen atoms in total. The van der Waals surface area contributed by atoms with Gasteiger partial charge in [0, 0.05) is 25.7 Å². The van der Waals surface area contributed by atoms with Crippen LogP contribution in [0.25, 0.3) is 11.0 Å². The molecule has 5 heteroatoms. The van der Waals surface area contributed by atoms with E-state index in [0.29, 0.717) is 11.3 Å². The first-order valence-corrected chi connectivity index (χ1v) is 6.79. The van der Waals surface area contributed by atoms with Crippen molar-refractivity contribution in [3.05, 3.63) is 40.2 Å². The summed E-state index contributed by atoms with van der Waals surface area (Å²) in [6, 6.07) is 6.87. The zero-order valence-corrected chi connectivity index (χ0v) is 12.5. The van der Waals surface area contributed by atoms with Gasteiger partial charge in [-0.05, 0) is 32.0 Å². The lowest BCUT2D eigenvalue weighted by Crippen LogP contribution is -2.50. The molecule has 0 fully saturated rings. The van der Waals surface area contributed by atoms with Crippen molar-refractivity contribution in [1.82, 2.24) is 0 Å². The number of methoxy groups -OCH3 is 2. The molecule has 112 valence electrons. The predicted molar refractivity (Wildman–Crippen MR) is 77.7 cm³/mol. The molecule has 0 radical (unpaired) electrons. The van der Waals surface area contributed by atoms with E-state index in [1.807, 2.05) is 26.0 Å². The van der Waals surface area contributed by atoms with Crippen LogP contribution in [0.4, 0.5) is 0 Å². The summed E-state index contributed by atoms with van der Waals surface area (Å²) < 4.78 is 22.6. The molecule has 0 saturated heterocycles. The summed E-state index contributed by atoms with van der Waals surface area (Å²) in [5.74, 6) is 0.655. The van der Waals surface area contributed by atoms with Crippen molar-refractivity contribution in [2.45, 2.75) is 31.7 Å². The highest BCUT2D eigenvalue weighted by Crippen LogP contribution is 2.45. The molecule has 1 aliphatic rings. The summed E-state index contributed by atoms with van der Waals surface area (Å²) in [4.78, 5) is 11.6. The third kappa shape index (κ3) is 2.13. The first kappa shape index (κ1) is 14.1. The number of ether oxygens (including phenoxy) is 3. The molecule has 21 heavy (non-hydrogen) atoms. The number of rotatable bonds is 2. The number of benzene rings is 1. The Hall–Kier alpha value is -1.85. The third-order valence-electron chi connectivity index (χ3n) is 3.91. The highest BCUT2D eigenvalue weighted by Gasteiger charge is 2.46. The number of fused-ring (bicyclic) bond motifs is 3. The summed E-state index contributed by atoms with van der Waals surface area (Å²) in [5.41, 5.74) is 0.262. The van der Waals surface area contributed by atoms with Gasteiger partial charge in [0.05, 0.1) is 5.56 Å². The van der Waals surface area contributed by atoms with E-state index in [0.717, 1.165) is 10.9 Å². The van der Waals surface area contributed by atoms with Crippen LogP contribution in [0.15, 0.2) is 33.5 Å². The molecule has 2 aromatic rings. The molecule has 0 aliphatic carbocycles. The summed E-state index contributed by atoms with van der Waals surface area (Å²) in [6.07, 6.45) is -0.686. The molecule has 1 aromatic carbocycles. The van der Waals surface area contributed by atoms with E-state index in [9.17, 15) is 4.79 Å². The quantitative estimate of drug-likeness (QED) is 0.796. The fourth-order valence-corrected chi connectivity index (χ4v) is 3.00. The van der Waals surface area contributed by atoms with Crippen LogP contribution in [0.1, 0.15) is 25.5 Å². The smallest absolute Gasteiger partial charge is 0.336 e. The highest BCUT2D eigenvalue weighted by molar-refractivity contribution is 5.83. The van der Waals surface area contributed by atoms with Gasteiger partial charge in [-0.25, -0.2) is 4.79 Å². The topological polar surface area (TPSA) is 57.9 Å². The second kappa shape index (κ2) is 4.86. The van der Waals surface area contributed by atoms with Crippen LogP contribution in [0.5, 0.6) is 5.75 Å². The molecule has 0 N–H and O–H groups in total. The molecule has 0 unspecified atom stereocenters. The molecular weight excluding hydrogens is 272 g/mol. The van der Waals surface area contributed by atoms with Crippen molar-refractivity contribution >= 4 is 11.0 Å². The van der Waals surface area contributed by atoms with E-state index in [-0.39, 0.29) is 12.2 Å². The first-order chi connectivity index (χ1) is 9.97. The summed E-state index contributed by atoms with van der Waals surface area (Å²) in [7, 11) is 3.23. The van der Waals surface area contributed by atoms with Gasteiger partial charge in [0.1, 0.15) is 29.1 Å². The Morgan fingerprint density at radius 2 is 1.81 bits per heavy atom. The molecule has 0 saturated carbocycles. The zero-order chi connectivity index (χ0) is 15.2. The van der Waals surface area contributed by atoms with Gasteiger partial charge in [0.25, 0.3) is 0 Å². The fourth-order valence-electron chi connectivity index (χ4n) is 3.00. The van der Waals surface area contributed by atoms with Gasteiger partial charge < -0.3 is 18.6 Å². The summed E-state index contributed by atoms with van der Waals surface area (Å²) in [5, 5.41) is 0.827. The van der Waals surface area contributed by atoms with Crippen molar-refractivity contribution in [2.24, 2.45) is 0 Å². The van der Waals surface area contributed by atoms with Crippen LogP contribution < -0.4 is 10.4 Å². The summed E-state index contributed by atoms with van der Waals surface area (Å²) in [6.45, 7) is 3.89. The maximum absolute atomic E-state index is 11.6. The Morgan fingerprint density at radius 1 is 1.10 bits per heavy atom. The molecule has 2 atom stereocenters. The molecule has 2 heterocycles. The Balaban J connectivity index is 2.32. The van der Waals surface area contributed by atoms with Crippen LogP contribution in [0.2, 0.25) is 0 Å². The van der Waals surface area contributed by atoms with Crippen LogP contribution in [-0.4, -0.2) is 25.9 Å². The van der Waals surface area contributed by atoms with E-state index in [1.165, 1.54) is 6.07 Å². The Kier molecular flexibility index (Phi) is 3.26. The average molecular weight is 290 g/mol. The van der Waals surface area contributed by atoms with Crippen LogP contribution in [-0.2, 0) is 9.47 Å². The second-order valence-electron chi connectivity index (χ2n) is 5.67. The molecule has 0 amide bonds. The minimum absolute atomic E-state index is 0.314. The lowest BCUT2D eigenvalue weighted by Gasteiger charge is -2.43. The monoisotopic (exact) mass is 290 g/mol. The lowest BCUT2D eigenvalue weighted by atomic mass is 9.87.